The van der Waals surface area contributed by atoms with Crippen LogP contribution in [0.15, 0.2) is 66.9 Å². The first kappa shape index (κ1) is 35.9. The van der Waals surface area contributed by atoms with E-state index in [1.807, 2.05) is 35.0 Å². The summed E-state index contributed by atoms with van der Waals surface area (Å²) in [6.07, 6.45) is 9.80. The second kappa shape index (κ2) is 14.5. The predicted molar refractivity (Wildman–Crippen MR) is 211 cm³/mol. The van der Waals surface area contributed by atoms with Crippen LogP contribution in [0.3, 0.4) is 0 Å². The Morgan fingerprint density at radius 2 is 1.68 bits per heavy atom. The Bertz CT molecular complexity index is 2310. The summed E-state index contributed by atoms with van der Waals surface area (Å²) in [7, 11) is 0. The number of imide groups is 2. The van der Waals surface area contributed by atoms with Gasteiger partial charge in [-0.3, -0.25) is 34.3 Å². The Balaban J connectivity index is 0.728. The number of halogens is 1. The molecule has 10 rings (SSSR count). The Morgan fingerprint density at radius 1 is 0.842 bits per heavy atom. The molecule has 1 N–H and O–H groups in total. The van der Waals surface area contributed by atoms with Gasteiger partial charge in [0.25, 0.3) is 11.8 Å². The van der Waals surface area contributed by atoms with Crippen LogP contribution in [0.2, 0.25) is 0 Å². The van der Waals surface area contributed by atoms with Crippen molar-refractivity contribution in [2.75, 3.05) is 62.2 Å². The Morgan fingerprint density at radius 3 is 2.51 bits per heavy atom. The van der Waals surface area contributed by atoms with E-state index in [0.29, 0.717) is 23.1 Å². The molecule has 13 nitrogen and oxygen atoms in total. The zero-order chi connectivity index (χ0) is 38.8. The van der Waals surface area contributed by atoms with Crippen molar-refractivity contribution in [1.82, 2.24) is 34.6 Å². The minimum Gasteiger partial charge on any atom is -0.371 e. The van der Waals surface area contributed by atoms with Gasteiger partial charge in [-0.15, -0.1) is 5.10 Å². The second-order valence-electron chi connectivity index (χ2n) is 16.5. The van der Waals surface area contributed by atoms with Gasteiger partial charge in [-0.05, 0) is 105 Å². The molecule has 2 aromatic heterocycles. The van der Waals surface area contributed by atoms with Crippen LogP contribution in [0, 0.1) is 11.7 Å². The second-order valence-corrected chi connectivity index (χ2v) is 16.5. The minimum atomic E-state index is -0.961. The van der Waals surface area contributed by atoms with Crippen molar-refractivity contribution < 1.29 is 23.6 Å². The summed E-state index contributed by atoms with van der Waals surface area (Å²) in [6.45, 7) is 7.73. The molecule has 4 amide bonds. The van der Waals surface area contributed by atoms with Crippen LogP contribution < -0.4 is 15.1 Å². The fourth-order valence-electron chi connectivity index (χ4n) is 9.99. The number of nitrogens with one attached hydrogen (secondary N) is 1. The third-order valence-electron chi connectivity index (χ3n) is 13.0. The number of likely N-dealkylation sites (tertiary alicyclic amines) is 1. The first-order chi connectivity index (χ1) is 27.8. The highest BCUT2D eigenvalue weighted by atomic mass is 19.1. The molecule has 2 atom stereocenters. The summed E-state index contributed by atoms with van der Waals surface area (Å²) in [5.41, 5.74) is 5.66. The molecule has 8 heterocycles. The quantitative estimate of drug-likeness (QED) is 0.259. The van der Waals surface area contributed by atoms with E-state index in [1.165, 1.54) is 11.6 Å². The lowest BCUT2D eigenvalue weighted by molar-refractivity contribution is -0.136. The van der Waals surface area contributed by atoms with Gasteiger partial charge in [0, 0.05) is 63.3 Å². The fraction of sp³-hybridized carbons (Fsp3) is 0.442. The zero-order valence-corrected chi connectivity index (χ0v) is 31.9. The van der Waals surface area contributed by atoms with Gasteiger partial charge in [0.15, 0.2) is 5.65 Å². The van der Waals surface area contributed by atoms with E-state index in [2.05, 4.69) is 31.0 Å². The molecular weight excluding hydrogens is 726 g/mol. The number of carbonyl (C=O) groups is 4. The summed E-state index contributed by atoms with van der Waals surface area (Å²) >= 11 is 0. The minimum absolute atomic E-state index is 0.0995. The van der Waals surface area contributed by atoms with E-state index in [9.17, 15) is 23.6 Å². The van der Waals surface area contributed by atoms with Crippen molar-refractivity contribution in [2.45, 2.75) is 63.1 Å². The van der Waals surface area contributed by atoms with Crippen LogP contribution >= 0.6 is 0 Å². The molecule has 294 valence electrons. The standard InChI is InChI=1S/C43H46FN9O4/c44-30-6-1-4-28(20-30)35-7-3-17-51(35)39-12-11-38-45-22-37(53(38)47-39)29-5-2-16-49(26-29)31-14-18-48(19-15-31)23-27-24-50(25-27)32-8-9-33-34(21-32)43(57)52(42(33)56)36-10-13-40(54)46-41(36)55/h1,4-6,8-9,11-12,20-22,27,31,35-36H,2-3,7,10,13-19,23-26H2,(H,46,54,55)/t35-,36?/m1/s1. The van der Waals surface area contributed by atoms with Crippen LogP contribution in [-0.2, 0) is 9.59 Å². The molecule has 6 aliphatic rings. The molecule has 6 aliphatic heterocycles. The number of amides is 4. The fourth-order valence-corrected chi connectivity index (χ4v) is 9.99. The summed E-state index contributed by atoms with van der Waals surface area (Å²) in [6, 6.07) is 16.0. The number of benzene rings is 2. The first-order valence-corrected chi connectivity index (χ1v) is 20.4. The number of anilines is 2. The summed E-state index contributed by atoms with van der Waals surface area (Å²) in [5.74, 6) is -0.724. The third kappa shape index (κ3) is 6.58. The van der Waals surface area contributed by atoms with Crippen molar-refractivity contribution >= 4 is 46.4 Å². The van der Waals surface area contributed by atoms with Gasteiger partial charge < -0.3 is 14.7 Å². The lowest BCUT2D eigenvalue weighted by Gasteiger charge is -2.45. The maximum absolute atomic E-state index is 14.1. The number of piperidine rings is 2. The average Bonchev–Trinajstić information content (AvgIpc) is 3.93. The first-order valence-electron chi connectivity index (χ1n) is 20.4. The van der Waals surface area contributed by atoms with Crippen LogP contribution in [-0.4, -0.2) is 117 Å². The van der Waals surface area contributed by atoms with Gasteiger partial charge in [-0.25, -0.2) is 13.9 Å². The van der Waals surface area contributed by atoms with Crippen LogP contribution in [0.1, 0.15) is 83.0 Å². The lowest BCUT2D eigenvalue weighted by atomic mass is 9.94. The molecule has 4 fully saturated rings. The van der Waals surface area contributed by atoms with E-state index in [0.717, 1.165) is 118 Å². The number of hydrogen-bond donors (Lipinski definition) is 1. The molecule has 57 heavy (non-hydrogen) atoms. The highest BCUT2D eigenvalue weighted by Crippen LogP contribution is 2.37. The number of carbonyl (C=O) groups excluding carboxylic acids is 4. The van der Waals surface area contributed by atoms with E-state index in [1.54, 1.807) is 24.3 Å². The van der Waals surface area contributed by atoms with E-state index in [-0.39, 0.29) is 30.6 Å². The van der Waals surface area contributed by atoms with Gasteiger partial charge in [-0.2, -0.15) is 0 Å². The summed E-state index contributed by atoms with van der Waals surface area (Å²) in [4.78, 5) is 66.0. The molecule has 14 heteroatoms. The van der Waals surface area contributed by atoms with Gasteiger partial charge in [0.2, 0.25) is 11.8 Å². The molecule has 0 bridgehead atoms. The molecule has 0 saturated carbocycles. The number of imidazole rings is 1. The topological polar surface area (TPSA) is 127 Å². The predicted octanol–water partition coefficient (Wildman–Crippen LogP) is 4.30. The number of aromatic nitrogens is 3. The molecule has 0 radical (unpaired) electrons. The van der Waals surface area contributed by atoms with Crippen molar-refractivity contribution in [2.24, 2.45) is 5.92 Å². The van der Waals surface area contributed by atoms with Gasteiger partial charge in [0.05, 0.1) is 29.1 Å². The smallest absolute Gasteiger partial charge is 0.262 e. The average molecular weight is 772 g/mol. The normalized spacial score (nSPS) is 24.0. The molecule has 0 spiro atoms. The molecule has 4 aromatic rings. The van der Waals surface area contributed by atoms with Gasteiger partial charge in [0.1, 0.15) is 17.7 Å². The molecule has 2 aromatic carbocycles. The summed E-state index contributed by atoms with van der Waals surface area (Å²) in [5, 5.41) is 7.37. The molecule has 4 saturated heterocycles. The number of nitrogens with zero attached hydrogens (tertiary/aromatic N) is 8. The number of fused-ring (bicyclic) bond motifs is 2. The van der Waals surface area contributed by atoms with E-state index in [4.69, 9.17) is 10.1 Å². The Hall–Kier alpha value is -5.47. The molecule has 0 aliphatic carbocycles. The molecule has 1 unspecified atom stereocenters. The summed E-state index contributed by atoms with van der Waals surface area (Å²) < 4.78 is 16.1. The van der Waals surface area contributed by atoms with E-state index >= 15 is 0 Å². The van der Waals surface area contributed by atoms with Crippen LogP contribution in [0.4, 0.5) is 15.9 Å². The zero-order valence-electron chi connectivity index (χ0n) is 31.9. The Labute approximate surface area is 330 Å². The van der Waals surface area contributed by atoms with Gasteiger partial charge >= 0.3 is 0 Å². The monoisotopic (exact) mass is 771 g/mol. The third-order valence-corrected chi connectivity index (χ3v) is 13.0. The van der Waals surface area contributed by atoms with Crippen molar-refractivity contribution in [3.63, 3.8) is 0 Å². The van der Waals surface area contributed by atoms with Crippen molar-refractivity contribution in [3.05, 3.63) is 95.1 Å². The van der Waals surface area contributed by atoms with Crippen molar-refractivity contribution in [3.8, 4) is 0 Å². The van der Waals surface area contributed by atoms with E-state index < -0.39 is 23.8 Å². The SMILES string of the molecule is O=C1CCC(N2C(=O)c3ccc(N4CC(CN5CCC(N6CCC=C(c7cnc8ccc(N9CCC[C@@H]9c9cccc(F)c9)nn78)C6)CC5)C4)cc3C2=O)C(=O)N1. The molecular formula is C43H46FN9O4. The van der Waals surface area contributed by atoms with Crippen LogP contribution in [0.5, 0.6) is 0 Å². The largest absolute Gasteiger partial charge is 0.371 e. The Kier molecular flexibility index (Phi) is 9.12. The van der Waals surface area contributed by atoms with Gasteiger partial charge in [-0.1, -0.05) is 18.2 Å². The highest BCUT2D eigenvalue weighted by Gasteiger charge is 2.45. The maximum atomic E-state index is 14.1. The number of hydrogen-bond acceptors (Lipinski definition) is 10. The van der Waals surface area contributed by atoms with Crippen molar-refractivity contribution in [1.29, 1.82) is 0 Å². The van der Waals surface area contributed by atoms with Crippen LogP contribution in [0.25, 0.3) is 11.2 Å². The lowest BCUT2D eigenvalue weighted by Crippen LogP contribution is -2.54. The maximum Gasteiger partial charge on any atom is 0.262 e. The highest BCUT2D eigenvalue weighted by molar-refractivity contribution is 6.23. The number of rotatable bonds is 8.